The van der Waals surface area contributed by atoms with Crippen LogP contribution in [0, 0.1) is 13.8 Å². The van der Waals surface area contributed by atoms with Crippen molar-refractivity contribution in [3.05, 3.63) is 59.3 Å². The van der Waals surface area contributed by atoms with E-state index in [4.69, 9.17) is 0 Å². The van der Waals surface area contributed by atoms with Crippen LogP contribution in [0.1, 0.15) is 16.4 Å². The van der Waals surface area contributed by atoms with E-state index in [9.17, 15) is 13.2 Å². The van der Waals surface area contributed by atoms with Crippen LogP contribution in [0.4, 0.5) is 13.2 Å². The number of aromatic nitrogens is 7. The van der Waals surface area contributed by atoms with Gasteiger partial charge in [-0.2, -0.15) is 18.3 Å². The molecular weight excluding hydrogens is 451 g/mol. The summed E-state index contributed by atoms with van der Waals surface area (Å²) < 4.78 is 41.2. The number of fused-ring (bicyclic) bond motifs is 1. The zero-order chi connectivity index (χ0) is 23.3. The number of alkyl halides is 3. The van der Waals surface area contributed by atoms with Crippen LogP contribution >= 0.6 is 11.3 Å². The summed E-state index contributed by atoms with van der Waals surface area (Å²) in [5.41, 5.74) is 4.78. The minimum absolute atomic E-state index is 0.247. The maximum atomic E-state index is 13.2. The summed E-state index contributed by atoms with van der Waals surface area (Å²) in [6, 6.07) is 7.55. The number of aryl methyl sites for hydroxylation is 3. The quantitative estimate of drug-likeness (QED) is 0.361. The van der Waals surface area contributed by atoms with Gasteiger partial charge in [-0.15, -0.1) is 11.3 Å². The molecule has 5 aromatic rings. The maximum Gasteiger partial charge on any atom is 0.443 e. The second-order valence-electron chi connectivity index (χ2n) is 7.47. The van der Waals surface area contributed by atoms with Gasteiger partial charge in [-0.3, -0.25) is 4.68 Å². The molecule has 1 aromatic carbocycles. The molecule has 0 spiro atoms. The van der Waals surface area contributed by atoms with Crippen LogP contribution in [0.3, 0.4) is 0 Å². The molecule has 0 fully saturated rings. The topological polar surface area (TPSA) is 82.3 Å². The van der Waals surface area contributed by atoms with Crippen molar-refractivity contribution in [1.82, 2.24) is 34.7 Å². The van der Waals surface area contributed by atoms with Crippen molar-refractivity contribution in [2.45, 2.75) is 20.0 Å². The van der Waals surface area contributed by atoms with Gasteiger partial charge in [0.2, 0.25) is 0 Å². The lowest BCUT2D eigenvalue weighted by molar-refractivity contribution is -0.137. The highest BCUT2D eigenvalue weighted by Gasteiger charge is 2.35. The fourth-order valence-electron chi connectivity index (χ4n) is 3.34. The number of rotatable bonds is 3. The average Bonchev–Trinajstić information content (AvgIpc) is 3.43. The highest BCUT2D eigenvalue weighted by molar-refractivity contribution is 7.15. The van der Waals surface area contributed by atoms with Crippen molar-refractivity contribution >= 4 is 22.5 Å². The van der Waals surface area contributed by atoms with Crippen molar-refractivity contribution in [2.75, 3.05) is 0 Å². The number of nitrogens with zero attached hydrogens (tertiary/aromatic N) is 7. The minimum Gasteiger partial charge on any atom is -0.275 e. The van der Waals surface area contributed by atoms with Crippen LogP contribution < -0.4 is 0 Å². The van der Waals surface area contributed by atoms with Gasteiger partial charge in [-0.1, -0.05) is 18.2 Å². The molecule has 4 heterocycles. The van der Waals surface area contributed by atoms with Gasteiger partial charge in [0.05, 0.1) is 22.5 Å². The van der Waals surface area contributed by atoms with Gasteiger partial charge in [0.15, 0.2) is 16.5 Å². The molecule has 11 heteroatoms. The van der Waals surface area contributed by atoms with Gasteiger partial charge in [0, 0.05) is 30.6 Å². The Morgan fingerprint density at radius 2 is 1.67 bits per heavy atom. The molecular formula is C22H16F3N7S. The van der Waals surface area contributed by atoms with E-state index in [1.165, 1.54) is 6.20 Å². The van der Waals surface area contributed by atoms with E-state index in [-0.39, 0.29) is 10.6 Å². The average molecular weight is 467 g/mol. The Labute approximate surface area is 190 Å². The van der Waals surface area contributed by atoms with Crippen molar-refractivity contribution in [2.24, 2.45) is 7.05 Å². The maximum absolute atomic E-state index is 13.2. The van der Waals surface area contributed by atoms with Crippen molar-refractivity contribution in [3.8, 4) is 33.1 Å². The molecule has 0 aliphatic heterocycles. The molecule has 0 unspecified atom stereocenters. The molecule has 0 N–H and O–H groups in total. The summed E-state index contributed by atoms with van der Waals surface area (Å²) >= 11 is 0.519. The third-order valence-electron chi connectivity index (χ3n) is 5.08. The molecule has 33 heavy (non-hydrogen) atoms. The first kappa shape index (κ1) is 21.1. The lowest BCUT2D eigenvalue weighted by Crippen LogP contribution is -2.03. The monoisotopic (exact) mass is 467 g/mol. The lowest BCUT2D eigenvalue weighted by Gasteiger charge is -2.09. The Bertz CT molecular complexity index is 1500. The minimum atomic E-state index is -4.54. The second kappa shape index (κ2) is 7.69. The first-order chi connectivity index (χ1) is 15.7. The molecule has 0 aliphatic rings. The Balaban J connectivity index is 1.71. The largest absolute Gasteiger partial charge is 0.443 e. The molecule has 0 aliphatic carbocycles. The highest BCUT2D eigenvalue weighted by Crippen LogP contribution is 2.38. The van der Waals surface area contributed by atoms with E-state index in [2.05, 4.69) is 30.0 Å². The van der Waals surface area contributed by atoms with Crippen molar-refractivity contribution in [1.29, 1.82) is 0 Å². The number of benzene rings is 1. The SMILES string of the molecule is Cc1nc2nc(-c3cccc(-c4cnn(C)c4)c3)nc(-c3cnc(C(F)(F)F)s3)c2nc1C. The standard InChI is InChI=1S/C22H16F3N7S/c1-11-12(2)29-20-18(28-11)17(16-9-26-21(33-16)22(23,24)25)30-19(31-20)14-6-4-5-13(7-14)15-8-27-32(3)10-15/h4-10H,1-3H3. The number of hydrogen-bond acceptors (Lipinski definition) is 7. The van der Waals surface area contributed by atoms with Gasteiger partial charge in [-0.05, 0) is 25.5 Å². The molecule has 166 valence electrons. The molecule has 0 amide bonds. The number of halogens is 3. The number of hydrogen-bond donors (Lipinski definition) is 0. The van der Waals surface area contributed by atoms with Crippen molar-refractivity contribution in [3.63, 3.8) is 0 Å². The summed E-state index contributed by atoms with van der Waals surface area (Å²) in [6.45, 7) is 3.59. The Morgan fingerprint density at radius 3 is 2.36 bits per heavy atom. The van der Waals surface area contributed by atoms with E-state index in [1.807, 2.05) is 37.5 Å². The number of thiazole rings is 1. The zero-order valence-corrected chi connectivity index (χ0v) is 18.5. The molecule has 0 saturated carbocycles. The van der Waals surface area contributed by atoms with Gasteiger partial charge in [0.25, 0.3) is 0 Å². The van der Waals surface area contributed by atoms with E-state index in [0.29, 0.717) is 45.3 Å². The first-order valence-electron chi connectivity index (χ1n) is 9.85. The van der Waals surface area contributed by atoms with E-state index < -0.39 is 11.2 Å². The van der Waals surface area contributed by atoms with Gasteiger partial charge >= 0.3 is 6.18 Å². The van der Waals surface area contributed by atoms with E-state index >= 15 is 0 Å². The van der Waals surface area contributed by atoms with Crippen LogP contribution in [0.15, 0.2) is 42.9 Å². The van der Waals surface area contributed by atoms with E-state index in [0.717, 1.165) is 11.1 Å². The summed E-state index contributed by atoms with van der Waals surface area (Å²) in [4.78, 5) is 22.0. The summed E-state index contributed by atoms with van der Waals surface area (Å²) in [5, 5.41) is 3.26. The smallest absolute Gasteiger partial charge is 0.275 e. The van der Waals surface area contributed by atoms with Crippen LogP contribution in [-0.4, -0.2) is 34.7 Å². The van der Waals surface area contributed by atoms with Crippen LogP contribution in [0.2, 0.25) is 0 Å². The Morgan fingerprint density at radius 1 is 0.909 bits per heavy atom. The predicted molar refractivity (Wildman–Crippen MR) is 118 cm³/mol. The molecule has 0 saturated heterocycles. The Hall–Kier alpha value is -3.73. The summed E-state index contributed by atoms with van der Waals surface area (Å²) in [7, 11) is 1.83. The first-order valence-corrected chi connectivity index (χ1v) is 10.7. The van der Waals surface area contributed by atoms with Crippen LogP contribution in [-0.2, 0) is 13.2 Å². The van der Waals surface area contributed by atoms with Gasteiger partial charge in [-0.25, -0.2) is 24.9 Å². The van der Waals surface area contributed by atoms with Crippen LogP contribution in [0.25, 0.3) is 44.2 Å². The predicted octanol–water partition coefficient (Wildman–Crippen LogP) is 5.25. The fraction of sp³-hybridized carbons (Fsp3) is 0.182. The molecule has 0 bridgehead atoms. The Kier molecular flexibility index (Phi) is 4.93. The summed E-state index contributed by atoms with van der Waals surface area (Å²) in [5.74, 6) is 0.336. The van der Waals surface area contributed by atoms with Gasteiger partial charge < -0.3 is 0 Å². The van der Waals surface area contributed by atoms with Crippen molar-refractivity contribution < 1.29 is 13.2 Å². The molecule has 4 aromatic heterocycles. The third-order valence-corrected chi connectivity index (χ3v) is 6.13. The third kappa shape index (κ3) is 3.95. The molecule has 0 radical (unpaired) electrons. The van der Waals surface area contributed by atoms with E-state index in [1.54, 1.807) is 24.7 Å². The summed E-state index contributed by atoms with van der Waals surface area (Å²) in [6.07, 6.45) is 0.269. The molecule has 0 atom stereocenters. The molecule has 7 nitrogen and oxygen atoms in total. The fourth-order valence-corrected chi connectivity index (χ4v) is 4.11. The molecule has 5 rings (SSSR count). The zero-order valence-electron chi connectivity index (χ0n) is 17.7. The van der Waals surface area contributed by atoms with Gasteiger partial charge in [0.1, 0.15) is 11.2 Å². The lowest BCUT2D eigenvalue weighted by atomic mass is 10.1. The van der Waals surface area contributed by atoms with Crippen LogP contribution in [0.5, 0.6) is 0 Å². The second-order valence-corrected chi connectivity index (χ2v) is 8.50. The highest BCUT2D eigenvalue weighted by atomic mass is 32.1. The normalized spacial score (nSPS) is 11.9.